The van der Waals surface area contributed by atoms with E-state index in [0.717, 1.165) is 5.56 Å². The van der Waals surface area contributed by atoms with Gasteiger partial charge in [-0.05, 0) is 30.3 Å². The van der Waals surface area contributed by atoms with Crippen LogP contribution in [0.4, 0.5) is 0 Å². The fourth-order valence-corrected chi connectivity index (χ4v) is 2.66. The summed E-state index contributed by atoms with van der Waals surface area (Å²) in [5, 5.41) is 0. The van der Waals surface area contributed by atoms with Gasteiger partial charge < -0.3 is 13.9 Å². The van der Waals surface area contributed by atoms with Gasteiger partial charge in [0, 0.05) is 24.2 Å². The van der Waals surface area contributed by atoms with E-state index in [-0.39, 0.29) is 12.4 Å². The molecule has 0 N–H and O–H groups in total. The van der Waals surface area contributed by atoms with E-state index in [4.69, 9.17) is 13.9 Å². The van der Waals surface area contributed by atoms with Crippen molar-refractivity contribution < 1.29 is 18.7 Å². The molecule has 0 bridgehead atoms. The van der Waals surface area contributed by atoms with Crippen LogP contribution in [-0.2, 0) is 11.2 Å². The van der Waals surface area contributed by atoms with Gasteiger partial charge >= 0.3 is 5.97 Å². The van der Waals surface area contributed by atoms with Crippen LogP contribution in [-0.4, -0.2) is 15.9 Å². The number of carbonyl (C=O) groups excluding carboxylic acids is 1. The minimum absolute atomic E-state index is 0.168. The van der Waals surface area contributed by atoms with E-state index in [9.17, 15) is 4.79 Å². The summed E-state index contributed by atoms with van der Waals surface area (Å²) < 4.78 is 16.7. The molecule has 4 aromatic rings. The average molecular weight is 386 g/mol. The molecular formula is C23H18N2O4. The summed E-state index contributed by atoms with van der Waals surface area (Å²) in [5.41, 5.74) is 0.946. The SMILES string of the molecule is O=C(CCc1ncc(-c2ccccc2)o1)Oc1ccc(Oc2ccccn2)cc1. The molecule has 6 heteroatoms. The second-order valence-electron chi connectivity index (χ2n) is 6.20. The number of pyridine rings is 1. The lowest BCUT2D eigenvalue weighted by molar-refractivity contribution is -0.134. The maximum absolute atomic E-state index is 12.1. The highest BCUT2D eigenvalue weighted by Gasteiger charge is 2.11. The molecule has 2 aromatic heterocycles. The first kappa shape index (κ1) is 18.4. The van der Waals surface area contributed by atoms with Crippen molar-refractivity contribution in [1.82, 2.24) is 9.97 Å². The first-order chi connectivity index (χ1) is 14.3. The molecule has 2 aromatic carbocycles. The fraction of sp³-hybridized carbons (Fsp3) is 0.0870. The Hall–Kier alpha value is -3.93. The molecule has 0 atom stereocenters. The zero-order valence-corrected chi connectivity index (χ0v) is 15.5. The molecule has 0 radical (unpaired) electrons. The van der Waals surface area contributed by atoms with Crippen LogP contribution < -0.4 is 9.47 Å². The summed E-state index contributed by atoms with van der Waals surface area (Å²) in [6.45, 7) is 0. The van der Waals surface area contributed by atoms with Gasteiger partial charge in [0.25, 0.3) is 0 Å². The monoisotopic (exact) mass is 386 g/mol. The maximum atomic E-state index is 12.1. The Kier molecular flexibility index (Phi) is 5.62. The molecule has 0 aliphatic carbocycles. The predicted molar refractivity (Wildman–Crippen MR) is 107 cm³/mol. The van der Waals surface area contributed by atoms with Gasteiger partial charge in [0.2, 0.25) is 5.88 Å². The highest BCUT2D eigenvalue weighted by molar-refractivity contribution is 5.72. The molecule has 6 nitrogen and oxygen atoms in total. The van der Waals surface area contributed by atoms with Crippen molar-refractivity contribution in [3.05, 3.63) is 91.1 Å². The normalized spacial score (nSPS) is 10.5. The lowest BCUT2D eigenvalue weighted by atomic mass is 10.2. The van der Waals surface area contributed by atoms with Crippen molar-refractivity contribution in [2.24, 2.45) is 0 Å². The van der Waals surface area contributed by atoms with E-state index in [0.29, 0.717) is 35.5 Å². The quantitative estimate of drug-likeness (QED) is 0.326. The van der Waals surface area contributed by atoms with Gasteiger partial charge in [0.15, 0.2) is 11.7 Å². The minimum Gasteiger partial charge on any atom is -0.441 e. The molecule has 0 spiro atoms. The van der Waals surface area contributed by atoms with Gasteiger partial charge in [-0.3, -0.25) is 4.79 Å². The number of benzene rings is 2. The largest absolute Gasteiger partial charge is 0.441 e. The minimum atomic E-state index is -0.358. The third-order valence-corrected chi connectivity index (χ3v) is 4.07. The Morgan fingerprint density at radius 3 is 2.38 bits per heavy atom. The first-order valence-electron chi connectivity index (χ1n) is 9.16. The summed E-state index contributed by atoms with van der Waals surface area (Å²) in [7, 11) is 0. The Balaban J connectivity index is 1.28. The molecule has 4 rings (SSSR count). The molecule has 0 aliphatic heterocycles. The third kappa shape index (κ3) is 5.07. The van der Waals surface area contributed by atoms with Crippen molar-refractivity contribution in [1.29, 1.82) is 0 Å². The second kappa shape index (κ2) is 8.84. The molecule has 0 fully saturated rings. The third-order valence-electron chi connectivity index (χ3n) is 4.07. The Bertz CT molecular complexity index is 1060. The number of ether oxygens (including phenoxy) is 2. The molecule has 29 heavy (non-hydrogen) atoms. The van der Waals surface area contributed by atoms with Gasteiger partial charge in [-0.2, -0.15) is 0 Å². The van der Waals surface area contributed by atoms with Crippen LogP contribution in [0.15, 0.2) is 89.6 Å². The van der Waals surface area contributed by atoms with Crippen molar-refractivity contribution in [3.8, 4) is 28.7 Å². The van der Waals surface area contributed by atoms with Crippen LogP contribution in [0, 0.1) is 0 Å². The van der Waals surface area contributed by atoms with E-state index in [1.807, 2.05) is 42.5 Å². The van der Waals surface area contributed by atoms with Crippen LogP contribution in [0.3, 0.4) is 0 Å². The van der Waals surface area contributed by atoms with Gasteiger partial charge in [0.05, 0.1) is 12.6 Å². The number of aryl methyl sites for hydroxylation is 1. The lowest BCUT2D eigenvalue weighted by Gasteiger charge is -2.06. The molecule has 144 valence electrons. The van der Waals surface area contributed by atoms with Crippen LogP contribution in [0.25, 0.3) is 11.3 Å². The van der Waals surface area contributed by atoms with Crippen LogP contribution in [0.1, 0.15) is 12.3 Å². The number of hydrogen-bond donors (Lipinski definition) is 0. The zero-order valence-electron chi connectivity index (χ0n) is 15.5. The topological polar surface area (TPSA) is 74.5 Å². The van der Waals surface area contributed by atoms with Crippen molar-refractivity contribution >= 4 is 5.97 Å². The summed E-state index contributed by atoms with van der Waals surface area (Å²) in [4.78, 5) is 20.4. The number of carbonyl (C=O) groups is 1. The average Bonchev–Trinajstić information content (AvgIpc) is 3.24. The van der Waals surface area contributed by atoms with Crippen LogP contribution >= 0.6 is 0 Å². The van der Waals surface area contributed by atoms with Gasteiger partial charge in [-0.1, -0.05) is 36.4 Å². The highest BCUT2D eigenvalue weighted by atomic mass is 16.5. The molecule has 0 saturated carbocycles. The van der Waals surface area contributed by atoms with Gasteiger partial charge in [0.1, 0.15) is 11.5 Å². The van der Waals surface area contributed by atoms with E-state index in [2.05, 4.69) is 9.97 Å². The Morgan fingerprint density at radius 1 is 0.862 bits per heavy atom. The van der Waals surface area contributed by atoms with Crippen molar-refractivity contribution in [3.63, 3.8) is 0 Å². The van der Waals surface area contributed by atoms with Crippen molar-refractivity contribution in [2.45, 2.75) is 12.8 Å². The van der Waals surface area contributed by atoms with Crippen LogP contribution in [0.5, 0.6) is 17.4 Å². The number of nitrogens with zero attached hydrogens (tertiary/aromatic N) is 2. The summed E-state index contributed by atoms with van der Waals surface area (Å²) in [6, 6.07) is 21.9. The fourth-order valence-electron chi connectivity index (χ4n) is 2.66. The Morgan fingerprint density at radius 2 is 1.62 bits per heavy atom. The van der Waals surface area contributed by atoms with E-state index < -0.39 is 0 Å². The highest BCUT2D eigenvalue weighted by Crippen LogP contribution is 2.23. The molecule has 0 aliphatic rings. The molecule has 0 amide bonds. The summed E-state index contributed by atoms with van der Waals surface area (Å²) in [5.74, 6) is 2.37. The number of hydrogen-bond acceptors (Lipinski definition) is 6. The lowest BCUT2D eigenvalue weighted by Crippen LogP contribution is -2.09. The van der Waals surface area contributed by atoms with E-state index in [1.165, 1.54) is 0 Å². The standard InChI is InChI=1S/C23H18N2O4/c26-23(14-13-22-25-16-20(29-22)17-6-2-1-3-7-17)28-19-11-9-18(10-12-19)27-21-8-4-5-15-24-21/h1-12,15-16H,13-14H2. The van der Waals surface area contributed by atoms with E-state index in [1.54, 1.807) is 42.7 Å². The Labute approximate surface area is 167 Å². The second-order valence-corrected chi connectivity index (χ2v) is 6.20. The number of oxazole rings is 1. The number of esters is 1. The van der Waals surface area contributed by atoms with Gasteiger partial charge in [-0.25, -0.2) is 9.97 Å². The number of rotatable bonds is 7. The number of aromatic nitrogens is 2. The first-order valence-corrected chi connectivity index (χ1v) is 9.16. The summed E-state index contributed by atoms with van der Waals surface area (Å²) in [6.07, 6.45) is 3.85. The summed E-state index contributed by atoms with van der Waals surface area (Å²) >= 11 is 0. The maximum Gasteiger partial charge on any atom is 0.311 e. The van der Waals surface area contributed by atoms with Gasteiger partial charge in [-0.15, -0.1) is 0 Å². The molecule has 2 heterocycles. The predicted octanol–water partition coefficient (Wildman–Crippen LogP) is 5.07. The molecule has 0 unspecified atom stereocenters. The molecule has 0 saturated heterocycles. The molecular weight excluding hydrogens is 368 g/mol. The van der Waals surface area contributed by atoms with E-state index >= 15 is 0 Å². The van der Waals surface area contributed by atoms with Crippen molar-refractivity contribution in [2.75, 3.05) is 0 Å². The zero-order chi connectivity index (χ0) is 19.9. The van der Waals surface area contributed by atoms with Crippen LogP contribution in [0.2, 0.25) is 0 Å². The smallest absolute Gasteiger partial charge is 0.311 e.